The van der Waals surface area contributed by atoms with Crippen molar-refractivity contribution in [2.75, 3.05) is 45.3 Å². The molecule has 0 saturated carbocycles. The zero-order valence-corrected chi connectivity index (χ0v) is 14.2. The number of nitrogens with one attached hydrogen (secondary N) is 1. The van der Waals surface area contributed by atoms with Crippen LogP contribution in [0.4, 0.5) is 10.8 Å². The number of hydrogen-bond acceptors (Lipinski definition) is 7. The Morgan fingerprint density at radius 1 is 1.35 bits per heavy atom. The molecule has 0 unspecified atom stereocenters. The lowest BCUT2D eigenvalue weighted by Gasteiger charge is -2.21. The van der Waals surface area contributed by atoms with Crippen LogP contribution in [0.2, 0.25) is 0 Å². The molecule has 0 fully saturated rings. The van der Waals surface area contributed by atoms with E-state index < -0.39 is 10.0 Å². The fraction of sp³-hybridized carbons (Fsp3) is 0.727. The van der Waals surface area contributed by atoms with Gasteiger partial charge < -0.3 is 16.0 Å². The van der Waals surface area contributed by atoms with Crippen LogP contribution in [0, 0.1) is 0 Å². The number of anilines is 2. The molecular weight excluding hydrogens is 298 g/mol. The fourth-order valence-corrected chi connectivity index (χ4v) is 3.54. The van der Waals surface area contributed by atoms with Gasteiger partial charge in [-0.3, -0.25) is 0 Å². The summed E-state index contributed by atoms with van der Waals surface area (Å²) in [5, 5.41) is 3.60. The van der Waals surface area contributed by atoms with Gasteiger partial charge in [0, 0.05) is 33.2 Å². The smallest absolute Gasteiger partial charge is 0.249 e. The van der Waals surface area contributed by atoms with Crippen molar-refractivity contribution < 1.29 is 8.42 Å². The summed E-state index contributed by atoms with van der Waals surface area (Å²) >= 11 is 1.07. The van der Waals surface area contributed by atoms with Gasteiger partial charge >= 0.3 is 0 Å². The summed E-state index contributed by atoms with van der Waals surface area (Å²) in [6.45, 7) is 5.64. The van der Waals surface area contributed by atoms with E-state index >= 15 is 0 Å². The molecule has 1 aromatic heterocycles. The summed E-state index contributed by atoms with van der Waals surface area (Å²) < 4.78 is 29.5. The fourth-order valence-electron chi connectivity index (χ4n) is 1.44. The maximum atomic E-state index is 12.2. The third-order valence-electron chi connectivity index (χ3n) is 3.04. The molecule has 1 rings (SSSR count). The van der Waals surface area contributed by atoms with Gasteiger partial charge in [0.2, 0.25) is 10.0 Å². The van der Waals surface area contributed by atoms with Crippen LogP contribution in [-0.4, -0.2) is 62.3 Å². The van der Waals surface area contributed by atoms with Gasteiger partial charge in [0.25, 0.3) is 0 Å². The molecule has 0 radical (unpaired) electrons. The number of nitrogen functional groups attached to an aromatic ring is 1. The quantitative estimate of drug-likeness (QED) is 0.769. The van der Waals surface area contributed by atoms with E-state index in [1.54, 1.807) is 0 Å². The average molecular weight is 321 g/mol. The lowest BCUT2D eigenvalue weighted by Crippen LogP contribution is -2.31. The lowest BCUT2D eigenvalue weighted by molar-refractivity contribution is 0.284. The first-order valence-electron chi connectivity index (χ1n) is 6.29. The molecule has 7 nitrogen and oxygen atoms in total. The highest BCUT2D eigenvalue weighted by molar-refractivity contribution is 7.89. The molecule has 0 atom stereocenters. The lowest BCUT2D eigenvalue weighted by atomic mass is 10.3. The maximum absolute atomic E-state index is 12.2. The van der Waals surface area contributed by atoms with Crippen LogP contribution in [0.15, 0.2) is 4.90 Å². The Balaban J connectivity index is 2.84. The van der Waals surface area contributed by atoms with Crippen LogP contribution in [0.25, 0.3) is 0 Å². The van der Waals surface area contributed by atoms with Crippen LogP contribution >= 0.6 is 11.5 Å². The van der Waals surface area contributed by atoms with Crippen LogP contribution < -0.4 is 11.1 Å². The molecule has 0 spiro atoms. The Bertz CT molecular complexity index is 539. The summed E-state index contributed by atoms with van der Waals surface area (Å²) in [7, 11) is 1.39. The van der Waals surface area contributed by atoms with Crippen LogP contribution in [0.1, 0.15) is 13.8 Å². The minimum atomic E-state index is -3.58. The molecule has 1 heterocycles. The van der Waals surface area contributed by atoms with E-state index in [0.29, 0.717) is 17.6 Å². The normalized spacial score (nSPS) is 12.6. The maximum Gasteiger partial charge on any atom is 0.249 e. The first-order chi connectivity index (χ1) is 9.17. The Labute approximate surface area is 125 Å². The predicted octanol–water partition coefficient (Wildman–Crippen LogP) is 0.728. The van der Waals surface area contributed by atoms with Crippen LogP contribution in [0.5, 0.6) is 0 Å². The zero-order valence-electron chi connectivity index (χ0n) is 12.5. The molecule has 0 aliphatic heterocycles. The van der Waals surface area contributed by atoms with E-state index in [1.165, 1.54) is 14.1 Å². The molecule has 0 amide bonds. The highest BCUT2D eigenvalue weighted by atomic mass is 32.2. The summed E-state index contributed by atoms with van der Waals surface area (Å²) in [5.41, 5.74) is 5.69. The van der Waals surface area contributed by atoms with Gasteiger partial charge in [0.15, 0.2) is 10.7 Å². The van der Waals surface area contributed by atoms with E-state index in [0.717, 1.165) is 22.4 Å². The Hall–Kier alpha value is -0.900. The zero-order chi connectivity index (χ0) is 15.5. The molecular formula is C11H23N5O2S2. The largest absolute Gasteiger partial charge is 0.382 e. The van der Waals surface area contributed by atoms with Crippen LogP contribution in [-0.2, 0) is 10.0 Å². The summed E-state index contributed by atoms with van der Waals surface area (Å²) in [4.78, 5) is 2.23. The number of nitrogens with zero attached hydrogens (tertiary/aromatic N) is 3. The van der Waals surface area contributed by atoms with Gasteiger partial charge in [-0.1, -0.05) is 0 Å². The van der Waals surface area contributed by atoms with Crippen molar-refractivity contribution in [2.45, 2.75) is 24.8 Å². The number of nitrogens with two attached hydrogens (primary N) is 1. The number of aromatic nitrogens is 1. The second-order valence-electron chi connectivity index (χ2n) is 5.01. The van der Waals surface area contributed by atoms with Crippen molar-refractivity contribution in [1.82, 2.24) is 13.6 Å². The Kier molecular flexibility index (Phi) is 5.75. The molecule has 9 heteroatoms. The van der Waals surface area contributed by atoms with E-state index in [9.17, 15) is 8.42 Å². The number of likely N-dealkylation sites (N-methyl/N-ethyl adjacent to an activating group) is 1. The molecule has 1 aromatic rings. The monoisotopic (exact) mass is 321 g/mol. The first kappa shape index (κ1) is 17.2. The molecule has 0 aliphatic carbocycles. The molecule has 0 saturated heterocycles. The van der Waals surface area contributed by atoms with Gasteiger partial charge in [-0.15, -0.1) is 0 Å². The van der Waals surface area contributed by atoms with Crippen molar-refractivity contribution in [3.05, 3.63) is 0 Å². The van der Waals surface area contributed by atoms with Gasteiger partial charge in [0.05, 0.1) is 0 Å². The highest BCUT2D eigenvalue weighted by Gasteiger charge is 2.27. The minimum absolute atomic E-state index is 0.0448. The molecule has 0 aliphatic rings. The number of rotatable bonds is 7. The van der Waals surface area contributed by atoms with Crippen LogP contribution in [0.3, 0.4) is 0 Å². The SMILES string of the molecule is CC(C)N(C)CCNc1snc(N)c1S(=O)(=O)N(C)C. The standard InChI is InChI=1S/C11H23N5O2S2/c1-8(2)16(5)7-6-13-11-9(10(12)14-19-11)20(17,18)15(3)4/h8,13H,6-7H2,1-5H3,(H2,12,14). The van der Waals surface area contributed by atoms with Crippen molar-refractivity contribution >= 4 is 32.4 Å². The number of hydrogen-bond donors (Lipinski definition) is 2. The van der Waals surface area contributed by atoms with Crippen molar-refractivity contribution in [3.63, 3.8) is 0 Å². The average Bonchev–Trinajstić information content (AvgIpc) is 2.70. The second-order valence-corrected chi connectivity index (χ2v) is 7.88. The van der Waals surface area contributed by atoms with E-state index in [4.69, 9.17) is 5.73 Å². The van der Waals surface area contributed by atoms with E-state index in [-0.39, 0.29) is 10.7 Å². The molecule has 0 bridgehead atoms. The summed E-state index contributed by atoms with van der Waals surface area (Å²) in [5.74, 6) is 0.0448. The van der Waals surface area contributed by atoms with Gasteiger partial charge in [-0.05, 0) is 32.4 Å². The highest BCUT2D eigenvalue weighted by Crippen LogP contribution is 2.32. The first-order valence-corrected chi connectivity index (χ1v) is 8.51. The number of sulfonamides is 1. The molecule has 20 heavy (non-hydrogen) atoms. The van der Waals surface area contributed by atoms with E-state index in [2.05, 4.69) is 28.4 Å². The van der Waals surface area contributed by atoms with Gasteiger partial charge in [-0.25, -0.2) is 12.7 Å². The van der Waals surface area contributed by atoms with Gasteiger partial charge in [0.1, 0.15) is 5.00 Å². The minimum Gasteiger partial charge on any atom is -0.382 e. The summed E-state index contributed by atoms with van der Waals surface area (Å²) in [6, 6.07) is 0.438. The molecule has 0 aromatic carbocycles. The van der Waals surface area contributed by atoms with Crippen molar-refractivity contribution in [2.24, 2.45) is 0 Å². The third-order valence-corrected chi connectivity index (χ3v) is 5.88. The van der Waals surface area contributed by atoms with Gasteiger partial charge in [-0.2, -0.15) is 4.37 Å². The van der Waals surface area contributed by atoms with Crippen molar-refractivity contribution in [3.8, 4) is 0 Å². The third kappa shape index (κ3) is 3.81. The molecule has 116 valence electrons. The Morgan fingerprint density at radius 3 is 2.45 bits per heavy atom. The Morgan fingerprint density at radius 2 is 1.95 bits per heavy atom. The predicted molar refractivity (Wildman–Crippen MR) is 83.7 cm³/mol. The molecule has 3 N–H and O–H groups in total. The second kappa shape index (κ2) is 6.70. The van der Waals surface area contributed by atoms with Crippen molar-refractivity contribution in [1.29, 1.82) is 0 Å². The summed E-state index contributed by atoms with van der Waals surface area (Å²) in [6.07, 6.45) is 0. The van der Waals surface area contributed by atoms with E-state index in [1.807, 2.05) is 7.05 Å². The topological polar surface area (TPSA) is 91.6 Å².